The number of hydrogen-bond donors (Lipinski definition) is 2. The highest BCUT2D eigenvalue weighted by atomic mass is 16.3. The Morgan fingerprint density at radius 1 is 1.25 bits per heavy atom. The van der Waals surface area contributed by atoms with E-state index in [9.17, 15) is 5.11 Å². The van der Waals surface area contributed by atoms with Gasteiger partial charge in [-0.25, -0.2) is 0 Å². The van der Waals surface area contributed by atoms with Gasteiger partial charge < -0.3 is 10.4 Å². The van der Waals surface area contributed by atoms with E-state index in [1.807, 2.05) is 12.1 Å². The maximum Gasteiger partial charge on any atom is 0.115 e. The summed E-state index contributed by atoms with van der Waals surface area (Å²) >= 11 is 0. The lowest BCUT2D eigenvalue weighted by Crippen LogP contribution is -2.41. The number of rotatable bonds is 6. The summed E-state index contributed by atoms with van der Waals surface area (Å²) in [4.78, 5) is 2.52. The van der Waals surface area contributed by atoms with Crippen molar-refractivity contribution in [1.82, 2.24) is 10.2 Å². The third-order valence-electron chi connectivity index (χ3n) is 4.40. The molecule has 0 saturated carbocycles. The van der Waals surface area contributed by atoms with Crippen LogP contribution in [0.2, 0.25) is 0 Å². The monoisotopic (exact) mass is 276 g/mol. The molecule has 0 aliphatic carbocycles. The largest absolute Gasteiger partial charge is 0.508 e. The van der Waals surface area contributed by atoms with Crippen LogP contribution in [0.25, 0.3) is 0 Å². The number of hydrogen-bond acceptors (Lipinski definition) is 3. The number of phenols is 1. The molecule has 0 aromatic heterocycles. The predicted molar refractivity (Wildman–Crippen MR) is 83.9 cm³/mol. The Bertz CT molecular complexity index is 382. The molecule has 1 aliphatic rings. The van der Waals surface area contributed by atoms with Gasteiger partial charge in [-0.15, -0.1) is 0 Å². The minimum Gasteiger partial charge on any atom is -0.508 e. The average Bonchev–Trinajstić information content (AvgIpc) is 2.48. The van der Waals surface area contributed by atoms with E-state index in [4.69, 9.17) is 0 Å². The Hall–Kier alpha value is -1.06. The molecule has 1 heterocycles. The average molecular weight is 276 g/mol. The zero-order valence-corrected chi connectivity index (χ0v) is 12.8. The van der Waals surface area contributed by atoms with Gasteiger partial charge in [0.25, 0.3) is 0 Å². The first kappa shape index (κ1) is 15.3. The quantitative estimate of drug-likeness (QED) is 0.838. The summed E-state index contributed by atoms with van der Waals surface area (Å²) in [6, 6.07) is 8.24. The van der Waals surface area contributed by atoms with Gasteiger partial charge in [0, 0.05) is 12.6 Å². The summed E-state index contributed by atoms with van der Waals surface area (Å²) in [5.41, 5.74) is 1.29. The molecule has 2 rings (SSSR count). The van der Waals surface area contributed by atoms with Crippen molar-refractivity contribution in [2.24, 2.45) is 5.92 Å². The van der Waals surface area contributed by atoms with Crippen LogP contribution in [0.15, 0.2) is 24.3 Å². The summed E-state index contributed by atoms with van der Waals surface area (Å²) in [6.07, 6.45) is 3.79. The zero-order chi connectivity index (χ0) is 14.4. The predicted octanol–water partition coefficient (Wildman–Crippen LogP) is 2.99. The molecule has 1 saturated heterocycles. The second kappa shape index (κ2) is 7.65. The molecule has 1 aliphatic heterocycles. The molecule has 0 amide bonds. The molecule has 3 nitrogen and oxygen atoms in total. The molecule has 20 heavy (non-hydrogen) atoms. The Labute approximate surface area is 123 Å². The number of benzene rings is 1. The van der Waals surface area contributed by atoms with Crippen LogP contribution in [0.1, 0.15) is 38.7 Å². The zero-order valence-electron chi connectivity index (χ0n) is 12.8. The van der Waals surface area contributed by atoms with Crippen molar-refractivity contribution in [3.8, 4) is 5.75 Å². The third kappa shape index (κ3) is 4.50. The summed E-state index contributed by atoms with van der Waals surface area (Å²) in [7, 11) is 0. The van der Waals surface area contributed by atoms with Crippen LogP contribution in [0.4, 0.5) is 0 Å². The number of aromatic hydroxyl groups is 1. The van der Waals surface area contributed by atoms with E-state index in [-0.39, 0.29) is 0 Å². The Kier molecular flexibility index (Phi) is 5.86. The van der Waals surface area contributed by atoms with Gasteiger partial charge in [-0.1, -0.05) is 19.1 Å². The third-order valence-corrected chi connectivity index (χ3v) is 4.40. The van der Waals surface area contributed by atoms with Gasteiger partial charge in [-0.3, -0.25) is 4.90 Å². The van der Waals surface area contributed by atoms with E-state index in [1.165, 1.54) is 37.9 Å². The van der Waals surface area contributed by atoms with Crippen molar-refractivity contribution >= 4 is 0 Å². The molecular formula is C17H28N2O. The second-order valence-electron chi connectivity index (χ2n) is 6.02. The van der Waals surface area contributed by atoms with Crippen LogP contribution < -0.4 is 5.32 Å². The van der Waals surface area contributed by atoms with Crippen molar-refractivity contribution in [3.05, 3.63) is 29.8 Å². The Morgan fingerprint density at radius 3 is 2.50 bits per heavy atom. The molecule has 1 aromatic carbocycles. The molecule has 2 N–H and O–H groups in total. The lowest BCUT2D eigenvalue weighted by molar-refractivity contribution is 0.156. The van der Waals surface area contributed by atoms with Crippen LogP contribution in [-0.4, -0.2) is 35.7 Å². The van der Waals surface area contributed by atoms with Crippen molar-refractivity contribution < 1.29 is 5.11 Å². The molecule has 1 atom stereocenters. The van der Waals surface area contributed by atoms with Crippen LogP contribution in [0.5, 0.6) is 5.75 Å². The van der Waals surface area contributed by atoms with E-state index >= 15 is 0 Å². The van der Waals surface area contributed by atoms with Crippen molar-refractivity contribution in [1.29, 1.82) is 0 Å². The maximum atomic E-state index is 9.31. The SMILES string of the molecule is CCCNC(C)C1CCN(Cc2ccc(O)cc2)CC1. The first-order valence-electron chi connectivity index (χ1n) is 7.92. The number of phenolic OH excluding ortho intramolecular Hbond substituents is 1. The van der Waals surface area contributed by atoms with Gasteiger partial charge in [0.1, 0.15) is 5.75 Å². The molecule has 112 valence electrons. The van der Waals surface area contributed by atoms with Gasteiger partial charge >= 0.3 is 0 Å². The number of nitrogens with zero attached hydrogens (tertiary/aromatic N) is 1. The standard InChI is InChI=1S/C17H28N2O/c1-3-10-18-14(2)16-8-11-19(12-9-16)13-15-4-6-17(20)7-5-15/h4-7,14,16,18,20H,3,8-13H2,1-2H3. The van der Waals surface area contributed by atoms with Gasteiger partial charge in [0.05, 0.1) is 0 Å². The molecule has 1 fully saturated rings. The highest BCUT2D eigenvalue weighted by Gasteiger charge is 2.23. The van der Waals surface area contributed by atoms with E-state index in [0.717, 1.165) is 19.0 Å². The Morgan fingerprint density at radius 2 is 1.90 bits per heavy atom. The molecule has 1 unspecified atom stereocenters. The molecule has 3 heteroatoms. The van der Waals surface area contributed by atoms with Crippen LogP contribution in [0.3, 0.4) is 0 Å². The topological polar surface area (TPSA) is 35.5 Å². The fraction of sp³-hybridized carbons (Fsp3) is 0.647. The van der Waals surface area contributed by atoms with Crippen LogP contribution >= 0.6 is 0 Å². The Balaban J connectivity index is 1.75. The van der Waals surface area contributed by atoms with Crippen molar-refractivity contribution in [2.75, 3.05) is 19.6 Å². The summed E-state index contributed by atoms with van der Waals surface area (Å²) in [6.45, 7) is 9.06. The normalized spacial score (nSPS) is 19.1. The van der Waals surface area contributed by atoms with Crippen molar-refractivity contribution in [3.63, 3.8) is 0 Å². The second-order valence-corrected chi connectivity index (χ2v) is 6.02. The fourth-order valence-corrected chi connectivity index (χ4v) is 3.01. The first-order valence-corrected chi connectivity index (χ1v) is 7.92. The molecule has 0 bridgehead atoms. The van der Waals surface area contributed by atoms with E-state index in [1.54, 1.807) is 12.1 Å². The number of piperidine rings is 1. The molecule has 0 spiro atoms. The van der Waals surface area contributed by atoms with E-state index in [0.29, 0.717) is 11.8 Å². The van der Waals surface area contributed by atoms with Crippen LogP contribution in [-0.2, 0) is 6.54 Å². The van der Waals surface area contributed by atoms with Gasteiger partial charge in [-0.2, -0.15) is 0 Å². The van der Waals surface area contributed by atoms with E-state index in [2.05, 4.69) is 24.1 Å². The van der Waals surface area contributed by atoms with Crippen LogP contribution in [0, 0.1) is 5.92 Å². The maximum absolute atomic E-state index is 9.31. The highest BCUT2D eigenvalue weighted by molar-refractivity contribution is 5.25. The molecule has 0 radical (unpaired) electrons. The minimum atomic E-state index is 0.350. The summed E-state index contributed by atoms with van der Waals surface area (Å²) in [5, 5.41) is 12.9. The molecule has 1 aromatic rings. The van der Waals surface area contributed by atoms with Gasteiger partial charge in [-0.05, 0) is 69.4 Å². The highest BCUT2D eigenvalue weighted by Crippen LogP contribution is 2.22. The number of nitrogens with one attached hydrogen (secondary N) is 1. The first-order chi connectivity index (χ1) is 9.69. The van der Waals surface area contributed by atoms with Gasteiger partial charge in [0.15, 0.2) is 0 Å². The van der Waals surface area contributed by atoms with Gasteiger partial charge in [0.2, 0.25) is 0 Å². The van der Waals surface area contributed by atoms with Crippen molar-refractivity contribution in [2.45, 2.75) is 45.7 Å². The summed E-state index contributed by atoms with van der Waals surface area (Å²) in [5.74, 6) is 1.17. The lowest BCUT2D eigenvalue weighted by atomic mass is 9.90. The summed E-state index contributed by atoms with van der Waals surface area (Å²) < 4.78 is 0. The fourth-order valence-electron chi connectivity index (χ4n) is 3.01. The minimum absolute atomic E-state index is 0.350. The van der Waals surface area contributed by atoms with E-state index < -0.39 is 0 Å². The lowest BCUT2D eigenvalue weighted by Gasteiger charge is -2.35. The molecular weight excluding hydrogens is 248 g/mol. The number of likely N-dealkylation sites (tertiary alicyclic amines) is 1. The smallest absolute Gasteiger partial charge is 0.115 e.